The molecule has 0 saturated heterocycles. The van der Waals surface area contributed by atoms with Crippen LogP contribution < -0.4 is 10.1 Å². The van der Waals surface area contributed by atoms with Crippen molar-refractivity contribution in [2.75, 3.05) is 13.7 Å². The topological polar surface area (TPSA) is 61.1 Å². The summed E-state index contributed by atoms with van der Waals surface area (Å²) in [5, 5.41) is 8.46. The third-order valence-electron chi connectivity index (χ3n) is 3.73. The van der Waals surface area contributed by atoms with E-state index in [1.165, 1.54) is 0 Å². The molecule has 0 saturated carbocycles. The molecule has 2 heterocycles. The van der Waals surface area contributed by atoms with Crippen molar-refractivity contribution >= 4 is 28.4 Å². The van der Waals surface area contributed by atoms with Gasteiger partial charge >= 0.3 is 0 Å². The predicted molar refractivity (Wildman–Crippen MR) is 89.0 cm³/mol. The minimum absolute atomic E-state index is 0.135. The first-order valence-electron chi connectivity index (χ1n) is 7.18. The number of ether oxygens (including phenoxy) is 1. The van der Waals surface area contributed by atoms with Gasteiger partial charge in [-0.25, -0.2) is 0 Å². The van der Waals surface area contributed by atoms with Crippen LogP contribution in [0.5, 0.6) is 5.75 Å². The van der Waals surface area contributed by atoms with Crippen LogP contribution in [0.15, 0.2) is 36.7 Å². The van der Waals surface area contributed by atoms with Gasteiger partial charge in [0.25, 0.3) is 5.91 Å². The summed E-state index contributed by atoms with van der Waals surface area (Å²) in [5.74, 6) is 0.618. The lowest BCUT2D eigenvalue weighted by atomic mass is 10.2. The van der Waals surface area contributed by atoms with Gasteiger partial charge < -0.3 is 14.6 Å². The zero-order valence-electron chi connectivity index (χ0n) is 12.9. The smallest absolute Gasteiger partial charge is 0.267 e. The Bertz CT molecular complexity index is 853. The van der Waals surface area contributed by atoms with Crippen molar-refractivity contribution in [2.45, 2.75) is 6.54 Å². The van der Waals surface area contributed by atoms with E-state index >= 15 is 0 Å². The summed E-state index contributed by atoms with van der Waals surface area (Å²) in [7, 11) is 3.49. The van der Waals surface area contributed by atoms with Gasteiger partial charge in [0.1, 0.15) is 11.4 Å². The number of hydrogen-bond acceptors (Lipinski definition) is 3. The fourth-order valence-electron chi connectivity index (χ4n) is 2.56. The minimum Gasteiger partial charge on any atom is -0.496 e. The highest BCUT2D eigenvalue weighted by Crippen LogP contribution is 2.27. The molecule has 1 amide bonds. The second-order valence-electron chi connectivity index (χ2n) is 5.16. The van der Waals surface area contributed by atoms with E-state index < -0.39 is 0 Å². The number of hydrogen-bond donors (Lipinski definition) is 1. The summed E-state index contributed by atoms with van der Waals surface area (Å²) in [5.41, 5.74) is 1.54. The number of fused-ring (bicyclic) bond motifs is 1. The lowest BCUT2D eigenvalue weighted by molar-refractivity contribution is 0.0944. The maximum absolute atomic E-state index is 12.4. The van der Waals surface area contributed by atoms with Crippen LogP contribution >= 0.6 is 11.6 Å². The Morgan fingerprint density at radius 1 is 1.43 bits per heavy atom. The van der Waals surface area contributed by atoms with Gasteiger partial charge in [-0.1, -0.05) is 17.7 Å². The number of aryl methyl sites for hydroxylation is 1. The molecule has 0 atom stereocenters. The van der Waals surface area contributed by atoms with Crippen molar-refractivity contribution in [3.63, 3.8) is 0 Å². The molecule has 0 bridgehead atoms. The summed E-state index contributed by atoms with van der Waals surface area (Å²) >= 11 is 5.81. The lowest BCUT2D eigenvalue weighted by Gasteiger charge is -2.06. The lowest BCUT2D eigenvalue weighted by Crippen LogP contribution is -2.28. The minimum atomic E-state index is -0.135. The molecule has 6 nitrogen and oxygen atoms in total. The molecule has 0 aliphatic carbocycles. The van der Waals surface area contributed by atoms with Crippen molar-refractivity contribution in [3.8, 4) is 5.75 Å². The van der Waals surface area contributed by atoms with E-state index in [1.807, 2.05) is 35.9 Å². The molecule has 3 rings (SSSR count). The van der Waals surface area contributed by atoms with E-state index in [1.54, 1.807) is 24.2 Å². The SMILES string of the molecule is COc1cccc2c1cc(C(=O)NCCn1cc(Cl)cn1)n2C. The Balaban J connectivity index is 1.74. The predicted octanol–water partition coefficient (Wildman–Crippen LogP) is 2.47. The second-order valence-corrected chi connectivity index (χ2v) is 5.60. The summed E-state index contributed by atoms with van der Waals surface area (Å²) < 4.78 is 8.89. The highest BCUT2D eigenvalue weighted by atomic mass is 35.5. The Kier molecular flexibility index (Phi) is 4.25. The summed E-state index contributed by atoms with van der Waals surface area (Å²) in [4.78, 5) is 12.4. The molecular formula is C16H17ClN4O2. The van der Waals surface area contributed by atoms with Gasteiger partial charge in [0.2, 0.25) is 0 Å². The molecule has 0 radical (unpaired) electrons. The summed E-state index contributed by atoms with van der Waals surface area (Å²) in [6, 6.07) is 7.59. The van der Waals surface area contributed by atoms with Gasteiger partial charge in [0.05, 0.1) is 30.4 Å². The average Bonchev–Trinajstić information content (AvgIpc) is 3.11. The number of aromatic nitrogens is 3. The fraction of sp³-hybridized carbons (Fsp3) is 0.250. The average molecular weight is 333 g/mol. The zero-order chi connectivity index (χ0) is 16.4. The van der Waals surface area contributed by atoms with Gasteiger partial charge in [0.15, 0.2) is 0 Å². The maximum Gasteiger partial charge on any atom is 0.267 e. The number of rotatable bonds is 5. The van der Waals surface area contributed by atoms with Crippen molar-refractivity contribution in [1.29, 1.82) is 0 Å². The highest BCUT2D eigenvalue weighted by molar-refractivity contribution is 6.30. The van der Waals surface area contributed by atoms with Gasteiger partial charge in [0, 0.05) is 25.2 Å². The number of methoxy groups -OCH3 is 1. The standard InChI is InChI=1S/C16H17ClN4O2/c1-20-13-4-3-5-15(23-2)12(13)8-14(20)16(22)18-6-7-21-10-11(17)9-19-21/h3-5,8-10H,6-7H2,1-2H3,(H,18,22). The molecule has 23 heavy (non-hydrogen) atoms. The van der Waals surface area contributed by atoms with E-state index in [4.69, 9.17) is 16.3 Å². The van der Waals surface area contributed by atoms with Gasteiger partial charge in [-0.2, -0.15) is 5.10 Å². The van der Waals surface area contributed by atoms with Crippen LogP contribution in [0, 0.1) is 0 Å². The first kappa shape index (κ1) is 15.4. The molecule has 120 valence electrons. The molecule has 1 N–H and O–H groups in total. The maximum atomic E-state index is 12.4. The number of carbonyl (C=O) groups is 1. The van der Waals surface area contributed by atoms with Crippen molar-refractivity contribution < 1.29 is 9.53 Å². The number of benzene rings is 1. The zero-order valence-corrected chi connectivity index (χ0v) is 13.7. The second kappa shape index (κ2) is 6.34. The fourth-order valence-corrected chi connectivity index (χ4v) is 2.72. The largest absolute Gasteiger partial charge is 0.496 e. The monoisotopic (exact) mass is 332 g/mol. The number of carbonyl (C=O) groups excluding carboxylic acids is 1. The van der Waals surface area contributed by atoms with Crippen molar-refractivity contribution in [1.82, 2.24) is 19.7 Å². The number of halogens is 1. The van der Waals surface area contributed by atoms with E-state index in [9.17, 15) is 4.79 Å². The van der Waals surface area contributed by atoms with E-state index in [0.29, 0.717) is 23.8 Å². The first-order chi connectivity index (χ1) is 11.1. The number of amides is 1. The Hall–Kier alpha value is -2.47. The molecule has 0 fully saturated rings. The van der Waals surface area contributed by atoms with Crippen LogP contribution in [-0.4, -0.2) is 33.9 Å². The van der Waals surface area contributed by atoms with Gasteiger partial charge in [-0.15, -0.1) is 0 Å². The van der Waals surface area contributed by atoms with Crippen LogP contribution in [0.4, 0.5) is 0 Å². The van der Waals surface area contributed by atoms with E-state index in [0.717, 1.165) is 16.7 Å². The third kappa shape index (κ3) is 3.03. The molecule has 0 spiro atoms. The molecule has 3 aromatic rings. The van der Waals surface area contributed by atoms with Crippen LogP contribution in [-0.2, 0) is 13.6 Å². The van der Waals surface area contributed by atoms with Crippen molar-refractivity contribution in [3.05, 3.63) is 47.4 Å². The van der Waals surface area contributed by atoms with Gasteiger partial charge in [-0.3, -0.25) is 9.48 Å². The van der Waals surface area contributed by atoms with E-state index in [-0.39, 0.29) is 5.91 Å². The molecule has 0 unspecified atom stereocenters. The number of nitrogens with zero attached hydrogens (tertiary/aromatic N) is 3. The molecule has 7 heteroatoms. The molecule has 1 aromatic carbocycles. The Morgan fingerprint density at radius 3 is 2.96 bits per heavy atom. The van der Waals surface area contributed by atoms with Gasteiger partial charge in [-0.05, 0) is 18.2 Å². The summed E-state index contributed by atoms with van der Waals surface area (Å²) in [6.07, 6.45) is 3.29. The highest BCUT2D eigenvalue weighted by Gasteiger charge is 2.15. The molecule has 0 aliphatic heterocycles. The number of nitrogens with one attached hydrogen (secondary N) is 1. The van der Waals surface area contributed by atoms with Crippen LogP contribution in [0.1, 0.15) is 10.5 Å². The molecule has 0 aliphatic rings. The molecular weight excluding hydrogens is 316 g/mol. The van der Waals surface area contributed by atoms with Crippen LogP contribution in [0.3, 0.4) is 0 Å². The first-order valence-corrected chi connectivity index (χ1v) is 7.56. The normalized spacial score (nSPS) is 10.9. The van der Waals surface area contributed by atoms with Crippen LogP contribution in [0.2, 0.25) is 5.02 Å². The third-order valence-corrected chi connectivity index (χ3v) is 3.92. The quantitative estimate of drug-likeness (QED) is 0.780. The Morgan fingerprint density at radius 2 is 2.26 bits per heavy atom. The Labute approximate surface area is 138 Å². The summed E-state index contributed by atoms with van der Waals surface area (Å²) in [6.45, 7) is 1.03. The van der Waals surface area contributed by atoms with Crippen molar-refractivity contribution in [2.24, 2.45) is 7.05 Å². The van der Waals surface area contributed by atoms with Crippen LogP contribution in [0.25, 0.3) is 10.9 Å². The molecule has 2 aromatic heterocycles. The van der Waals surface area contributed by atoms with E-state index in [2.05, 4.69) is 10.4 Å².